The molecule has 1 aromatic heterocycles. The Morgan fingerprint density at radius 3 is 2.93 bits per heavy atom. The number of amides is 1. The van der Waals surface area contributed by atoms with E-state index in [4.69, 9.17) is 0 Å². The van der Waals surface area contributed by atoms with E-state index < -0.39 is 0 Å². The van der Waals surface area contributed by atoms with Gasteiger partial charge in [-0.2, -0.15) is 0 Å². The first-order valence-electron chi connectivity index (χ1n) is 4.96. The van der Waals surface area contributed by atoms with Gasteiger partial charge in [-0.15, -0.1) is 11.8 Å². The van der Waals surface area contributed by atoms with Crippen LogP contribution in [0.3, 0.4) is 0 Å². The summed E-state index contributed by atoms with van der Waals surface area (Å²) < 4.78 is 0. The molecule has 1 heterocycles. The second-order valence-electron chi connectivity index (χ2n) is 3.46. The topological polar surface area (TPSA) is 42.0 Å². The summed E-state index contributed by atoms with van der Waals surface area (Å²) in [6.07, 6.45) is 1.73. The van der Waals surface area contributed by atoms with Crippen molar-refractivity contribution in [2.45, 2.75) is 25.6 Å². The van der Waals surface area contributed by atoms with Gasteiger partial charge in [-0.1, -0.05) is 19.9 Å². The van der Waals surface area contributed by atoms with Crippen molar-refractivity contribution < 1.29 is 4.79 Å². The van der Waals surface area contributed by atoms with Gasteiger partial charge in [-0.05, 0) is 17.4 Å². The molecular formula is C11H16N2OS. The van der Waals surface area contributed by atoms with Crippen molar-refractivity contribution in [3.05, 3.63) is 30.1 Å². The first-order valence-corrected chi connectivity index (χ1v) is 6.01. The first-order chi connectivity index (χ1) is 7.18. The maximum absolute atomic E-state index is 11.4. The van der Waals surface area contributed by atoms with Crippen molar-refractivity contribution in [2.75, 3.05) is 5.75 Å². The minimum Gasteiger partial charge on any atom is -0.350 e. The number of pyridine rings is 1. The van der Waals surface area contributed by atoms with Gasteiger partial charge in [-0.3, -0.25) is 9.78 Å². The molecule has 0 spiro atoms. The summed E-state index contributed by atoms with van der Waals surface area (Å²) in [5.41, 5.74) is 0.889. The molecule has 0 bridgehead atoms. The molecule has 1 amide bonds. The Hall–Kier alpha value is -1.03. The Bertz CT molecular complexity index is 301. The van der Waals surface area contributed by atoms with Gasteiger partial charge in [0, 0.05) is 6.20 Å². The monoisotopic (exact) mass is 224 g/mol. The number of nitrogens with zero attached hydrogens (tertiary/aromatic N) is 1. The molecule has 1 rings (SSSR count). The highest BCUT2D eigenvalue weighted by Crippen LogP contribution is 2.07. The second-order valence-corrected chi connectivity index (χ2v) is 5.02. The summed E-state index contributed by atoms with van der Waals surface area (Å²) in [4.78, 5) is 15.5. The molecule has 0 aromatic carbocycles. The SMILES string of the molecule is CC(C)SCC(=O)NCc1ccccn1. The molecule has 0 unspecified atom stereocenters. The Morgan fingerprint density at radius 1 is 1.53 bits per heavy atom. The van der Waals surface area contributed by atoms with Gasteiger partial charge in [0.2, 0.25) is 5.91 Å². The molecule has 0 saturated carbocycles. The van der Waals surface area contributed by atoms with Crippen molar-refractivity contribution in [1.82, 2.24) is 10.3 Å². The summed E-state index contributed by atoms with van der Waals surface area (Å²) in [6, 6.07) is 5.67. The zero-order valence-corrected chi connectivity index (χ0v) is 9.88. The predicted octanol–water partition coefficient (Wildman–Crippen LogP) is 1.84. The average molecular weight is 224 g/mol. The number of carbonyl (C=O) groups excluding carboxylic acids is 1. The lowest BCUT2D eigenvalue weighted by Crippen LogP contribution is -2.25. The van der Waals surface area contributed by atoms with E-state index >= 15 is 0 Å². The molecule has 0 atom stereocenters. The highest BCUT2D eigenvalue weighted by Gasteiger charge is 2.03. The zero-order chi connectivity index (χ0) is 11.1. The summed E-state index contributed by atoms with van der Waals surface area (Å²) in [7, 11) is 0. The van der Waals surface area contributed by atoms with E-state index in [1.807, 2.05) is 18.2 Å². The third-order valence-corrected chi connectivity index (χ3v) is 2.84. The van der Waals surface area contributed by atoms with Crippen LogP contribution in [0.2, 0.25) is 0 Å². The van der Waals surface area contributed by atoms with Crippen LogP contribution >= 0.6 is 11.8 Å². The fourth-order valence-corrected chi connectivity index (χ4v) is 1.57. The molecule has 1 aromatic rings. The van der Waals surface area contributed by atoms with Crippen molar-refractivity contribution >= 4 is 17.7 Å². The van der Waals surface area contributed by atoms with Crippen molar-refractivity contribution in [3.8, 4) is 0 Å². The third kappa shape index (κ3) is 5.42. The lowest BCUT2D eigenvalue weighted by Gasteiger charge is -2.06. The van der Waals surface area contributed by atoms with Crippen molar-refractivity contribution in [2.24, 2.45) is 0 Å². The Balaban J connectivity index is 2.23. The number of carbonyl (C=O) groups is 1. The lowest BCUT2D eigenvalue weighted by atomic mass is 10.3. The number of thioether (sulfide) groups is 1. The largest absolute Gasteiger partial charge is 0.350 e. The van der Waals surface area contributed by atoms with Gasteiger partial charge in [0.05, 0.1) is 18.0 Å². The normalized spacial score (nSPS) is 10.3. The van der Waals surface area contributed by atoms with Crippen LogP contribution in [0.4, 0.5) is 0 Å². The summed E-state index contributed by atoms with van der Waals surface area (Å²) >= 11 is 1.64. The fourth-order valence-electron chi connectivity index (χ4n) is 0.985. The number of rotatable bonds is 5. The van der Waals surface area contributed by atoms with Crippen LogP contribution in [0.5, 0.6) is 0 Å². The van der Waals surface area contributed by atoms with E-state index in [9.17, 15) is 4.79 Å². The van der Waals surface area contributed by atoms with E-state index in [0.717, 1.165) is 5.69 Å². The van der Waals surface area contributed by atoms with Gasteiger partial charge in [-0.25, -0.2) is 0 Å². The van der Waals surface area contributed by atoms with Gasteiger partial charge < -0.3 is 5.32 Å². The Morgan fingerprint density at radius 2 is 2.33 bits per heavy atom. The number of aromatic nitrogens is 1. The minimum absolute atomic E-state index is 0.0688. The van der Waals surface area contributed by atoms with Crippen LogP contribution in [0, 0.1) is 0 Å². The Kier molecular flexibility index (Phi) is 5.18. The predicted molar refractivity (Wildman–Crippen MR) is 63.7 cm³/mol. The van der Waals surface area contributed by atoms with Gasteiger partial charge in [0.1, 0.15) is 0 Å². The van der Waals surface area contributed by atoms with Crippen molar-refractivity contribution in [3.63, 3.8) is 0 Å². The van der Waals surface area contributed by atoms with Crippen LogP contribution in [-0.4, -0.2) is 21.9 Å². The van der Waals surface area contributed by atoms with E-state index in [0.29, 0.717) is 17.5 Å². The number of nitrogens with one attached hydrogen (secondary N) is 1. The van der Waals surface area contributed by atoms with Crippen LogP contribution in [-0.2, 0) is 11.3 Å². The number of hydrogen-bond acceptors (Lipinski definition) is 3. The molecule has 0 saturated heterocycles. The summed E-state index contributed by atoms with van der Waals surface area (Å²) in [5.74, 6) is 0.587. The van der Waals surface area contributed by atoms with Gasteiger partial charge >= 0.3 is 0 Å². The second kappa shape index (κ2) is 6.45. The molecule has 0 aliphatic heterocycles. The minimum atomic E-state index is 0.0688. The van der Waals surface area contributed by atoms with Crippen LogP contribution in [0.15, 0.2) is 24.4 Å². The van der Waals surface area contributed by atoms with Crippen molar-refractivity contribution in [1.29, 1.82) is 0 Å². The molecular weight excluding hydrogens is 208 g/mol. The highest BCUT2D eigenvalue weighted by molar-refractivity contribution is 8.00. The van der Waals surface area contributed by atoms with Gasteiger partial charge in [0.25, 0.3) is 0 Å². The number of hydrogen-bond donors (Lipinski definition) is 1. The first kappa shape index (κ1) is 12.0. The van der Waals surface area contributed by atoms with E-state index in [1.165, 1.54) is 0 Å². The lowest BCUT2D eigenvalue weighted by molar-refractivity contribution is -0.118. The molecule has 0 radical (unpaired) electrons. The molecule has 4 heteroatoms. The van der Waals surface area contributed by atoms with E-state index in [2.05, 4.69) is 24.1 Å². The summed E-state index contributed by atoms with van der Waals surface area (Å²) in [6.45, 7) is 4.67. The van der Waals surface area contributed by atoms with E-state index in [-0.39, 0.29) is 5.91 Å². The Labute approximate surface area is 94.7 Å². The average Bonchev–Trinajstić information content (AvgIpc) is 2.25. The highest BCUT2D eigenvalue weighted by atomic mass is 32.2. The molecule has 0 fully saturated rings. The smallest absolute Gasteiger partial charge is 0.230 e. The standard InChI is InChI=1S/C11H16N2OS/c1-9(2)15-8-11(14)13-7-10-5-3-4-6-12-10/h3-6,9H,7-8H2,1-2H3,(H,13,14). The molecule has 3 nitrogen and oxygen atoms in total. The van der Waals surface area contributed by atoms with Gasteiger partial charge in [0.15, 0.2) is 0 Å². The summed E-state index contributed by atoms with van der Waals surface area (Å²) in [5, 5.41) is 3.32. The fraction of sp³-hybridized carbons (Fsp3) is 0.455. The molecule has 82 valence electrons. The zero-order valence-electron chi connectivity index (χ0n) is 9.06. The van der Waals surface area contributed by atoms with Crippen LogP contribution < -0.4 is 5.32 Å². The molecule has 1 N–H and O–H groups in total. The molecule has 0 aliphatic carbocycles. The third-order valence-electron chi connectivity index (χ3n) is 1.74. The molecule has 0 aliphatic rings. The van der Waals surface area contributed by atoms with Crippen LogP contribution in [0.25, 0.3) is 0 Å². The maximum atomic E-state index is 11.4. The molecule has 15 heavy (non-hydrogen) atoms. The quantitative estimate of drug-likeness (QED) is 0.829. The van der Waals surface area contributed by atoms with E-state index in [1.54, 1.807) is 18.0 Å². The maximum Gasteiger partial charge on any atom is 0.230 e. The van der Waals surface area contributed by atoms with Crippen LogP contribution in [0.1, 0.15) is 19.5 Å².